The second-order valence-corrected chi connectivity index (χ2v) is 3.67. The normalized spacial score (nSPS) is 10.1. The SMILES string of the molecule is COCc1c(C)c(OC)c(OC)c(OC)c1OC. The minimum absolute atomic E-state index is 0.408. The van der Waals surface area contributed by atoms with Crippen molar-refractivity contribution in [3.63, 3.8) is 0 Å². The van der Waals surface area contributed by atoms with Gasteiger partial charge in [-0.05, 0) is 6.92 Å². The van der Waals surface area contributed by atoms with E-state index in [1.807, 2.05) is 6.92 Å². The lowest BCUT2D eigenvalue weighted by molar-refractivity contribution is 0.179. The lowest BCUT2D eigenvalue weighted by Crippen LogP contribution is -2.05. The van der Waals surface area contributed by atoms with Crippen molar-refractivity contribution >= 4 is 0 Å². The molecule has 0 heterocycles. The van der Waals surface area contributed by atoms with Crippen LogP contribution in [0.1, 0.15) is 11.1 Å². The average molecular weight is 256 g/mol. The third-order valence-electron chi connectivity index (χ3n) is 2.79. The molecule has 0 aliphatic rings. The lowest BCUT2D eigenvalue weighted by Gasteiger charge is -2.21. The fourth-order valence-electron chi connectivity index (χ4n) is 1.97. The van der Waals surface area contributed by atoms with Gasteiger partial charge in [-0.25, -0.2) is 0 Å². The molecular formula is C13H20O5. The monoisotopic (exact) mass is 256 g/mol. The Kier molecular flexibility index (Phi) is 5.09. The Labute approximate surface area is 108 Å². The first-order valence-corrected chi connectivity index (χ1v) is 5.50. The van der Waals surface area contributed by atoms with Crippen LogP contribution in [-0.4, -0.2) is 35.5 Å². The van der Waals surface area contributed by atoms with Crippen molar-refractivity contribution in [3.05, 3.63) is 11.1 Å². The number of hydrogen-bond donors (Lipinski definition) is 0. The molecule has 18 heavy (non-hydrogen) atoms. The first kappa shape index (κ1) is 14.4. The molecule has 0 aliphatic carbocycles. The molecule has 0 aliphatic heterocycles. The Morgan fingerprint density at radius 2 is 1.11 bits per heavy atom. The second-order valence-electron chi connectivity index (χ2n) is 3.67. The highest BCUT2D eigenvalue weighted by Crippen LogP contribution is 2.49. The number of rotatable bonds is 6. The molecular weight excluding hydrogens is 236 g/mol. The summed E-state index contributed by atoms with van der Waals surface area (Å²) < 4.78 is 26.7. The molecule has 0 amide bonds. The Morgan fingerprint density at radius 1 is 0.667 bits per heavy atom. The van der Waals surface area contributed by atoms with Gasteiger partial charge in [0.15, 0.2) is 11.5 Å². The molecule has 0 aromatic heterocycles. The first-order chi connectivity index (χ1) is 8.65. The number of ether oxygens (including phenoxy) is 5. The summed E-state index contributed by atoms with van der Waals surface area (Å²) in [7, 11) is 7.93. The highest BCUT2D eigenvalue weighted by molar-refractivity contribution is 5.66. The van der Waals surface area contributed by atoms with Gasteiger partial charge in [0.2, 0.25) is 11.5 Å². The van der Waals surface area contributed by atoms with Gasteiger partial charge in [-0.3, -0.25) is 0 Å². The third kappa shape index (κ3) is 2.31. The molecule has 5 nitrogen and oxygen atoms in total. The molecule has 0 spiro atoms. The van der Waals surface area contributed by atoms with E-state index < -0.39 is 0 Å². The fraction of sp³-hybridized carbons (Fsp3) is 0.538. The molecule has 0 saturated carbocycles. The minimum atomic E-state index is 0.408. The molecule has 5 heteroatoms. The molecule has 0 fully saturated rings. The minimum Gasteiger partial charge on any atom is -0.492 e. The summed E-state index contributed by atoms with van der Waals surface area (Å²) in [5.74, 6) is 2.26. The maximum absolute atomic E-state index is 5.40. The summed E-state index contributed by atoms with van der Waals surface area (Å²) in [5, 5.41) is 0. The third-order valence-corrected chi connectivity index (χ3v) is 2.79. The van der Waals surface area contributed by atoms with Gasteiger partial charge in [0, 0.05) is 18.2 Å². The van der Waals surface area contributed by atoms with E-state index in [2.05, 4.69) is 0 Å². The van der Waals surface area contributed by atoms with E-state index in [4.69, 9.17) is 23.7 Å². The van der Waals surface area contributed by atoms with Gasteiger partial charge in [-0.15, -0.1) is 0 Å². The predicted octanol–water partition coefficient (Wildman–Crippen LogP) is 2.18. The van der Waals surface area contributed by atoms with Crippen LogP contribution in [0.3, 0.4) is 0 Å². The lowest BCUT2D eigenvalue weighted by atomic mass is 10.0. The van der Waals surface area contributed by atoms with Crippen LogP contribution in [0.5, 0.6) is 23.0 Å². The summed E-state index contributed by atoms with van der Waals surface area (Å²) in [6.45, 7) is 2.34. The van der Waals surface area contributed by atoms with Gasteiger partial charge in [-0.2, -0.15) is 0 Å². The van der Waals surface area contributed by atoms with E-state index in [1.54, 1.807) is 35.5 Å². The zero-order valence-electron chi connectivity index (χ0n) is 11.7. The summed E-state index contributed by atoms with van der Waals surface area (Å²) in [5.41, 5.74) is 1.79. The molecule has 0 atom stereocenters. The average Bonchev–Trinajstić information content (AvgIpc) is 2.39. The molecule has 0 radical (unpaired) electrons. The van der Waals surface area contributed by atoms with Crippen LogP contribution < -0.4 is 18.9 Å². The highest BCUT2D eigenvalue weighted by Gasteiger charge is 2.24. The summed E-state index contributed by atoms with van der Waals surface area (Å²) >= 11 is 0. The quantitative estimate of drug-likeness (QED) is 0.780. The van der Waals surface area contributed by atoms with Crippen molar-refractivity contribution in [1.82, 2.24) is 0 Å². The van der Waals surface area contributed by atoms with Crippen molar-refractivity contribution < 1.29 is 23.7 Å². The van der Waals surface area contributed by atoms with Crippen LogP contribution >= 0.6 is 0 Å². The topological polar surface area (TPSA) is 46.2 Å². The van der Waals surface area contributed by atoms with Gasteiger partial charge < -0.3 is 23.7 Å². The predicted molar refractivity (Wildman–Crippen MR) is 68.1 cm³/mol. The molecule has 1 rings (SSSR count). The zero-order chi connectivity index (χ0) is 13.7. The van der Waals surface area contributed by atoms with Crippen LogP contribution in [-0.2, 0) is 11.3 Å². The largest absolute Gasteiger partial charge is 0.492 e. The van der Waals surface area contributed by atoms with Crippen molar-refractivity contribution in [3.8, 4) is 23.0 Å². The molecule has 1 aromatic rings. The highest BCUT2D eigenvalue weighted by atomic mass is 16.5. The molecule has 0 bridgehead atoms. The summed E-state index contributed by atoms with van der Waals surface area (Å²) in [4.78, 5) is 0. The second kappa shape index (κ2) is 6.35. The van der Waals surface area contributed by atoms with Gasteiger partial charge >= 0.3 is 0 Å². The Morgan fingerprint density at radius 3 is 1.50 bits per heavy atom. The van der Waals surface area contributed by atoms with Gasteiger partial charge in [-0.1, -0.05) is 0 Å². The molecule has 1 aromatic carbocycles. The van der Waals surface area contributed by atoms with E-state index in [9.17, 15) is 0 Å². The maximum atomic E-state index is 5.40. The fourth-order valence-corrected chi connectivity index (χ4v) is 1.97. The Hall–Kier alpha value is -1.62. The van der Waals surface area contributed by atoms with Crippen molar-refractivity contribution in [2.45, 2.75) is 13.5 Å². The van der Waals surface area contributed by atoms with E-state index in [-0.39, 0.29) is 0 Å². The van der Waals surface area contributed by atoms with Crippen molar-refractivity contribution in [1.29, 1.82) is 0 Å². The van der Waals surface area contributed by atoms with E-state index >= 15 is 0 Å². The van der Waals surface area contributed by atoms with Gasteiger partial charge in [0.1, 0.15) is 0 Å². The Bertz CT molecular complexity index is 415. The van der Waals surface area contributed by atoms with Crippen LogP contribution in [0, 0.1) is 6.92 Å². The zero-order valence-corrected chi connectivity index (χ0v) is 11.7. The standard InChI is InChI=1S/C13H20O5/c1-8-9(7-14-2)11(16-4)13(18-6)12(17-5)10(8)15-3/h7H2,1-6H3. The molecule has 102 valence electrons. The van der Waals surface area contributed by atoms with E-state index in [0.717, 1.165) is 11.1 Å². The van der Waals surface area contributed by atoms with Crippen LogP contribution in [0.4, 0.5) is 0 Å². The van der Waals surface area contributed by atoms with Gasteiger partial charge in [0.05, 0.1) is 35.0 Å². The molecule has 0 N–H and O–H groups in total. The van der Waals surface area contributed by atoms with Crippen LogP contribution in [0.25, 0.3) is 0 Å². The van der Waals surface area contributed by atoms with Crippen LogP contribution in [0.15, 0.2) is 0 Å². The summed E-state index contributed by atoms with van der Waals surface area (Å²) in [6, 6.07) is 0. The van der Waals surface area contributed by atoms with E-state index in [0.29, 0.717) is 29.6 Å². The van der Waals surface area contributed by atoms with Crippen molar-refractivity contribution in [2.75, 3.05) is 35.5 Å². The number of benzene rings is 1. The first-order valence-electron chi connectivity index (χ1n) is 5.50. The van der Waals surface area contributed by atoms with Crippen LogP contribution in [0.2, 0.25) is 0 Å². The Balaban J connectivity index is 3.61. The number of hydrogen-bond acceptors (Lipinski definition) is 5. The van der Waals surface area contributed by atoms with Crippen molar-refractivity contribution in [2.24, 2.45) is 0 Å². The maximum Gasteiger partial charge on any atom is 0.207 e. The smallest absolute Gasteiger partial charge is 0.207 e. The van der Waals surface area contributed by atoms with E-state index in [1.165, 1.54) is 0 Å². The molecule has 0 unspecified atom stereocenters. The number of methoxy groups -OCH3 is 5. The van der Waals surface area contributed by atoms with Gasteiger partial charge in [0.25, 0.3) is 0 Å². The molecule has 0 saturated heterocycles. The summed E-state index contributed by atoms with van der Waals surface area (Å²) in [6.07, 6.45) is 0.